The van der Waals surface area contributed by atoms with E-state index in [0.717, 1.165) is 0 Å². The maximum absolute atomic E-state index is 9.26. The third-order valence-corrected chi connectivity index (χ3v) is 1.33. The fraction of sp³-hybridized carbons (Fsp3) is 0.222. The molecule has 1 aromatic rings. The zero-order valence-corrected chi connectivity index (χ0v) is 6.90. The van der Waals surface area contributed by atoms with Crippen LogP contribution in [0.5, 0.6) is 5.75 Å². The molecule has 0 heterocycles. The van der Waals surface area contributed by atoms with E-state index in [9.17, 15) is 5.11 Å². The number of para-hydroxylation sites is 1. The number of phenolic OH excluding ortho intramolecular Hbond substituents is 1. The highest BCUT2D eigenvalue weighted by Gasteiger charge is 1.93. The van der Waals surface area contributed by atoms with Crippen molar-refractivity contribution in [1.82, 2.24) is 0 Å². The fourth-order valence-corrected chi connectivity index (χ4v) is 0.765. The molecule has 1 rings (SSSR count). The molecule has 3 heteroatoms. The van der Waals surface area contributed by atoms with Crippen molar-refractivity contribution in [3.05, 3.63) is 29.8 Å². The van der Waals surface area contributed by atoms with Gasteiger partial charge in [-0.25, -0.2) is 0 Å². The van der Waals surface area contributed by atoms with E-state index in [1.165, 1.54) is 6.21 Å². The highest BCUT2D eigenvalue weighted by atomic mass is 16.6. The van der Waals surface area contributed by atoms with E-state index in [4.69, 9.17) is 4.84 Å². The van der Waals surface area contributed by atoms with E-state index < -0.39 is 0 Å². The van der Waals surface area contributed by atoms with E-state index in [0.29, 0.717) is 12.2 Å². The third kappa shape index (κ3) is 2.27. The Morgan fingerprint density at radius 2 is 2.25 bits per heavy atom. The molecule has 0 aromatic heterocycles. The number of phenols is 1. The van der Waals surface area contributed by atoms with Gasteiger partial charge in [0.05, 0.1) is 6.21 Å². The molecule has 0 aliphatic rings. The molecule has 0 radical (unpaired) electrons. The Hall–Kier alpha value is -1.51. The average molecular weight is 165 g/mol. The van der Waals surface area contributed by atoms with Crippen LogP contribution in [0.15, 0.2) is 29.4 Å². The second kappa shape index (κ2) is 4.38. The van der Waals surface area contributed by atoms with Crippen molar-refractivity contribution in [3.8, 4) is 5.75 Å². The van der Waals surface area contributed by atoms with Crippen molar-refractivity contribution in [2.75, 3.05) is 6.61 Å². The summed E-state index contributed by atoms with van der Waals surface area (Å²) < 4.78 is 0. The van der Waals surface area contributed by atoms with Gasteiger partial charge >= 0.3 is 0 Å². The molecule has 0 saturated carbocycles. The number of aromatic hydroxyl groups is 1. The first-order chi connectivity index (χ1) is 5.84. The molecule has 0 fully saturated rings. The lowest BCUT2D eigenvalue weighted by Gasteiger charge is -1.95. The average Bonchev–Trinajstić information content (AvgIpc) is 2.09. The van der Waals surface area contributed by atoms with Crippen LogP contribution >= 0.6 is 0 Å². The quantitative estimate of drug-likeness (QED) is 0.547. The van der Waals surface area contributed by atoms with Gasteiger partial charge in [0.15, 0.2) is 0 Å². The number of nitrogens with zero attached hydrogens (tertiary/aromatic N) is 1. The lowest BCUT2D eigenvalue weighted by molar-refractivity contribution is 0.160. The van der Waals surface area contributed by atoms with Crippen LogP contribution in [0.3, 0.4) is 0 Å². The Labute approximate surface area is 71.3 Å². The largest absolute Gasteiger partial charge is 0.507 e. The predicted octanol–water partition coefficient (Wildman–Crippen LogP) is 1.76. The van der Waals surface area contributed by atoms with Gasteiger partial charge in [0, 0.05) is 5.56 Å². The van der Waals surface area contributed by atoms with Gasteiger partial charge in [0.2, 0.25) is 0 Å². The minimum Gasteiger partial charge on any atom is -0.507 e. The zero-order chi connectivity index (χ0) is 8.81. The van der Waals surface area contributed by atoms with Crippen LogP contribution in [0, 0.1) is 0 Å². The number of benzene rings is 1. The van der Waals surface area contributed by atoms with Gasteiger partial charge in [-0.2, -0.15) is 0 Å². The molecule has 1 aromatic carbocycles. The lowest BCUT2D eigenvalue weighted by Crippen LogP contribution is -1.84. The summed E-state index contributed by atoms with van der Waals surface area (Å²) in [4.78, 5) is 4.75. The molecule has 12 heavy (non-hydrogen) atoms. The molecule has 64 valence electrons. The highest BCUT2D eigenvalue weighted by molar-refractivity contribution is 5.82. The van der Waals surface area contributed by atoms with E-state index in [2.05, 4.69) is 5.16 Å². The molecular weight excluding hydrogens is 154 g/mol. The Morgan fingerprint density at radius 3 is 2.92 bits per heavy atom. The lowest BCUT2D eigenvalue weighted by atomic mass is 10.2. The number of hydrogen-bond donors (Lipinski definition) is 1. The van der Waals surface area contributed by atoms with Crippen LogP contribution in [0.25, 0.3) is 0 Å². The van der Waals surface area contributed by atoms with Gasteiger partial charge in [0.1, 0.15) is 12.4 Å². The first kappa shape index (κ1) is 8.59. The molecule has 3 nitrogen and oxygen atoms in total. The Balaban J connectivity index is 2.68. The first-order valence-corrected chi connectivity index (χ1v) is 3.78. The van der Waals surface area contributed by atoms with Crippen molar-refractivity contribution < 1.29 is 9.94 Å². The molecule has 1 N–H and O–H groups in total. The summed E-state index contributed by atoms with van der Waals surface area (Å²) in [6, 6.07) is 6.95. The Morgan fingerprint density at radius 1 is 1.50 bits per heavy atom. The molecule has 0 unspecified atom stereocenters. The van der Waals surface area contributed by atoms with Crippen molar-refractivity contribution >= 4 is 6.21 Å². The molecule has 0 atom stereocenters. The van der Waals surface area contributed by atoms with Crippen LogP contribution in [-0.2, 0) is 4.84 Å². The SMILES string of the molecule is CCO/N=C/c1ccccc1O. The van der Waals surface area contributed by atoms with Crippen LogP contribution < -0.4 is 0 Å². The fourth-order valence-electron chi connectivity index (χ4n) is 0.765. The maximum Gasteiger partial charge on any atom is 0.124 e. The summed E-state index contributed by atoms with van der Waals surface area (Å²) in [5.41, 5.74) is 0.658. The normalized spacial score (nSPS) is 10.4. The van der Waals surface area contributed by atoms with E-state index in [-0.39, 0.29) is 5.75 Å². The molecule has 0 saturated heterocycles. The predicted molar refractivity (Wildman–Crippen MR) is 47.3 cm³/mol. The third-order valence-electron chi connectivity index (χ3n) is 1.33. The zero-order valence-electron chi connectivity index (χ0n) is 6.90. The van der Waals surface area contributed by atoms with E-state index in [1.54, 1.807) is 18.2 Å². The second-order valence-electron chi connectivity index (χ2n) is 2.21. The second-order valence-corrected chi connectivity index (χ2v) is 2.21. The monoisotopic (exact) mass is 165 g/mol. The summed E-state index contributed by atoms with van der Waals surface area (Å²) in [6.07, 6.45) is 1.48. The molecule has 0 amide bonds. The number of rotatable bonds is 3. The number of oxime groups is 1. The van der Waals surface area contributed by atoms with E-state index >= 15 is 0 Å². The molecule has 0 bridgehead atoms. The van der Waals surface area contributed by atoms with Crippen LogP contribution in [0.1, 0.15) is 12.5 Å². The molecule has 0 spiro atoms. The van der Waals surface area contributed by atoms with Gasteiger partial charge < -0.3 is 9.94 Å². The van der Waals surface area contributed by atoms with Gasteiger partial charge in [-0.15, -0.1) is 0 Å². The van der Waals surface area contributed by atoms with E-state index in [1.807, 2.05) is 13.0 Å². The number of hydrogen-bond acceptors (Lipinski definition) is 3. The van der Waals surface area contributed by atoms with Gasteiger partial charge in [-0.1, -0.05) is 17.3 Å². The highest BCUT2D eigenvalue weighted by Crippen LogP contribution is 2.12. The van der Waals surface area contributed by atoms with Gasteiger partial charge in [-0.3, -0.25) is 0 Å². The van der Waals surface area contributed by atoms with Crippen molar-refractivity contribution in [2.45, 2.75) is 6.92 Å². The van der Waals surface area contributed by atoms with Crippen LogP contribution in [0.4, 0.5) is 0 Å². The summed E-state index contributed by atoms with van der Waals surface area (Å²) in [5.74, 6) is 0.209. The summed E-state index contributed by atoms with van der Waals surface area (Å²) in [7, 11) is 0. The standard InChI is InChI=1S/C9H11NO2/c1-2-12-10-7-8-5-3-4-6-9(8)11/h3-7,11H,2H2,1H3/b10-7+. The van der Waals surface area contributed by atoms with Gasteiger partial charge in [0.25, 0.3) is 0 Å². The summed E-state index contributed by atoms with van der Waals surface area (Å²) >= 11 is 0. The maximum atomic E-state index is 9.26. The molecule has 0 aliphatic heterocycles. The molecular formula is C9H11NO2. The van der Waals surface area contributed by atoms with Crippen molar-refractivity contribution in [2.24, 2.45) is 5.16 Å². The summed E-state index contributed by atoms with van der Waals surface area (Å²) in [5, 5.41) is 12.9. The Kier molecular flexibility index (Phi) is 3.14. The van der Waals surface area contributed by atoms with Crippen LogP contribution in [-0.4, -0.2) is 17.9 Å². The smallest absolute Gasteiger partial charge is 0.124 e. The minimum absolute atomic E-state index is 0.209. The topological polar surface area (TPSA) is 41.8 Å². The van der Waals surface area contributed by atoms with Crippen LogP contribution in [0.2, 0.25) is 0 Å². The van der Waals surface area contributed by atoms with Crippen molar-refractivity contribution in [1.29, 1.82) is 0 Å². The summed E-state index contributed by atoms with van der Waals surface area (Å²) in [6.45, 7) is 2.38. The van der Waals surface area contributed by atoms with Gasteiger partial charge in [-0.05, 0) is 19.1 Å². The molecule has 0 aliphatic carbocycles. The van der Waals surface area contributed by atoms with Crippen molar-refractivity contribution in [3.63, 3.8) is 0 Å². The minimum atomic E-state index is 0.209. The Bertz CT molecular complexity index is 271. The first-order valence-electron chi connectivity index (χ1n) is 3.78.